The average Bonchev–Trinajstić information content (AvgIpc) is 2.67. The fourth-order valence-corrected chi connectivity index (χ4v) is 4.33. The molecule has 0 nitrogen and oxygen atoms in total. The first-order chi connectivity index (χ1) is 12.1. The van der Waals surface area contributed by atoms with Crippen LogP contribution in [0.2, 0.25) is 0 Å². The van der Waals surface area contributed by atoms with Crippen molar-refractivity contribution in [2.75, 3.05) is 0 Å². The highest BCUT2D eigenvalue weighted by Crippen LogP contribution is 2.36. The van der Waals surface area contributed by atoms with Crippen LogP contribution < -0.4 is 10.4 Å². The van der Waals surface area contributed by atoms with Crippen molar-refractivity contribution in [1.82, 2.24) is 0 Å². The Labute approximate surface area is 153 Å². The average molecular weight is 333 g/mol. The largest absolute Gasteiger partial charge is 0.0798 e. The van der Waals surface area contributed by atoms with E-state index >= 15 is 0 Å². The fourth-order valence-electron chi connectivity index (χ4n) is 4.33. The van der Waals surface area contributed by atoms with Crippen molar-refractivity contribution in [3.63, 3.8) is 0 Å². The summed E-state index contributed by atoms with van der Waals surface area (Å²) in [7, 11) is 0. The molecule has 2 aromatic rings. The van der Waals surface area contributed by atoms with Gasteiger partial charge in [0.2, 0.25) is 0 Å². The van der Waals surface area contributed by atoms with Gasteiger partial charge < -0.3 is 0 Å². The normalized spacial score (nSPS) is 22.8. The second kappa shape index (κ2) is 8.04. The Balaban J connectivity index is 2.10. The van der Waals surface area contributed by atoms with Gasteiger partial charge in [-0.05, 0) is 77.6 Å². The Hall–Kier alpha value is -1.82. The predicted octanol–water partition coefficient (Wildman–Crippen LogP) is 5.56. The van der Waals surface area contributed by atoms with Crippen LogP contribution in [-0.2, 0) is 6.42 Å². The van der Waals surface area contributed by atoms with Gasteiger partial charge in [-0.2, -0.15) is 0 Å². The molecule has 2 aromatic carbocycles. The summed E-state index contributed by atoms with van der Waals surface area (Å²) < 4.78 is 0. The van der Waals surface area contributed by atoms with E-state index in [1.807, 2.05) is 0 Å². The predicted molar refractivity (Wildman–Crippen MR) is 110 cm³/mol. The van der Waals surface area contributed by atoms with Crippen LogP contribution in [0.4, 0.5) is 0 Å². The monoisotopic (exact) mass is 332 g/mol. The molecule has 1 aliphatic rings. The summed E-state index contributed by atoms with van der Waals surface area (Å²) in [4.78, 5) is 0. The highest BCUT2D eigenvalue weighted by Gasteiger charge is 2.20. The first kappa shape index (κ1) is 18.0. The quantitative estimate of drug-likeness (QED) is 0.690. The third kappa shape index (κ3) is 3.89. The highest BCUT2D eigenvalue weighted by molar-refractivity contribution is 5.67. The van der Waals surface area contributed by atoms with E-state index in [4.69, 9.17) is 0 Å². The second-order valence-electron chi connectivity index (χ2n) is 7.73. The third-order valence-electron chi connectivity index (χ3n) is 6.08. The molecule has 1 fully saturated rings. The van der Waals surface area contributed by atoms with Crippen LogP contribution in [0.15, 0.2) is 42.5 Å². The Morgan fingerprint density at radius 1 is 1.04 bits per heavy atom. The third-order valence-corrected chi connectivity index (χ3v) is 6.08. The topological polar surface area (TPSA) is 0 Å². The lowest BCUT2D eigenvalue weighted by Crippen LogP contribution is -2.26. The first-order valence-corrected chi connectivity index (χ1v) is 9.99. The summed E-state index contributed by atoms with van der Waals surface area (Å²) >= 11 is 0. The molecular weight excluding hydrogens is 300 g/mol. The lowest BCUT2D eigenvalue weighted by Gasteiger charge is -2.27. The van der Waals surface area contributed by atoms with E-state index in [1.165, 1.54) is 52.8 Å². The smallest absolute Gasteiger partial charge is 0.0152 e. The second-order valence-corrected chi connectivity index (χ2v) is 7.73. The van der Waals surface area contributed by atoms with Crippen molar-refractivity contribution in [2.24, 2.45) is 5.92 Å². The molecule has 0 spiro atoms. The van der Waals surface area contributed by atoms with E-state index in [2.05, 4.69) is 76.2 Å². The molecule has 0 aromatic heterocycles. The van der Waals surface area contributed by atoms with Crippen LogP contribution >= 0.6 is 0 Å². The zero-order valence-corrected chi connectivity index (χ0v) is 16.3. The van der Waals surface area contributed by atoms with Crippen molar-refractivity contribution < 1.29 is 0 Å². The van der Waals surface area contributed by atoms with Crippen LogP contribution in [0, 0.1) is 5.92 Å². The molecule has 25 heavy (non-hydrogen) atoms. The molecule has 1 saturated carbocycles. The van der Waals surface area contributed by atoms with Crippen molar-refractivity contribution in [3.8, 4) is 0 Å². The van der Waals surface area contributed by atoms with Crippen molar-refractivity contribution in [1.29, 1.82) is 0 Å². The maximum absolute atomic E-state index is 2.50. The fraction of sp³-hybridized carbons (Fsp3) is 0.440. The molecule has 0 atom stereocenters. The molecule has 0 aliphatic heterocycles. The van der Waals surface area contributed by atoms with Crippen LogP contribution in [0.1, 0.15) is 76.0 Å². The summed E-state index contributed by atoms with van der Waals surface area (Å²) in [6.07, 6.45) is 8.77. The van der Waals surface area contributed by atoms with Gasteiger partial charge in [-0.3, -0.25) is 0 Å². The Bertz CT molecular complexity index is 833. The number of hydrogen-bond donors (Lipinski definition) is 0. The van der Waals surface area contributed by atoms with Crippen LogP contribution in [0.3, 0.4) is 0 Å². The van der Waals surface area contributed by atoms with E-state index < -0.39 is 0 Å². The number of benzene rings is 2. The van der Waals surface area contributed by atoms with Gasteiger partial charge in [0.15, 0.2) is 0 Å². The molecule has 0 N–H and O–H groups in total. The van der Waals surface area contributed by atoms with Gasteiger partial charge in [0.25, 0.3) is 0 Å². The summed E-state index contributed by atoms with van der Waals surface area (Å²) in [5.41, 5.74) is 5.89. The van der Waals surface area contributed by atoms with E-state index in [0.717, 1.165) is 18.3 Å². The van der Waals surface area contributed by atoms with Gasteiger partial charge in [0, 0.05) is 0 Å². The molecule has 132 valence electrons. The van der Waals surface area contributed by atoms with Gasteiger partial charge in [-0.1, -0.05) is 75.2 Å². The molecule has 0 bridgehead atoms. The molecule has 3 rings (SSSR count). The van der Waals surface area contributed by atoms with Crippen molar-refractivity contribution in [2.45, 2.75) is 65.7 Å². The van der Waals surface area contributed by atoms with Gasteiger partial charge in [-0.25, -0.2) is 0 Å². The summed E-state index contributed by atoms with van der Waals surface area (Å²) in [6.45, 7) is 9.10. The molecule has 0 radical (unpaired) electrons. The van der Waals surface area contributed by atoms with Gasteiger partial charge >= 0.3 is 0 Å². The zero-order chi connectivity index (χ0) is 17.8. The van der Waals surface area contributed by atoms with E-state index in [-0.39, 0.29) is 0 Å². The number of hydrogen-bond acceptors (Lipinski definition) is 0. The number of aryl methyl sites for hydroxylation is 1. The SMILES string of the molecule is C/C=c1/cccc/c1=C(/C)c1cc(C2CCC(C)CC2)ccc1CC. The van der Waals surface area contributed by atoms with Gasteiger partial charge in [-0.15, -0.1) is 0 Å². The van der Waals surface area contributed by atoms with Gasteiger partial charge in [0.05, 0.1) is 0 Å². The summed E-state index contributed by atoms with van der Waals surface area (Å²) in [6, 6.07) is 16.0. The minimum absolute atomic E-state index is 0.752. The molecule has 0 amide bonds. The first-order valence-electron chi connectivity index (χ1n) is 9.99. The Kier molecular flexibility index (Phi) is 5.78. The van der Waals surface area contributed by atoms with Crippen LogP contribution in [0.25, 0.3) is 11.6 Å². The molecule has 1 aliphatic carbocycles. The summed E-state index contributed by atoms with van der Waals surface area (Å²) in [5, 5.41) is 2.70. The van der Waals surface area contributed by atoms with E-state index in [0.29, 0.717) is 0 Å². The highest BCUT2D eigenvalue weighted by atomic mass is 14.3. The van der Waals surface area contributed by atoms with Crippen LogP contribution in [0.5, 0.6) is 0 Å². The standard InChI is InChI=1S/C25H32/c1-5-20-9-7-8-10-24(20)19(4)25-17-23(16-15-21(25)6-2)22-13-11-18(3)12-14-22/h5,7-10,15-18,22H,6,11-14H2,1-4H3/b20-5-,24-19+. The Morgan fingerprint density at radius 3 is 2.44 bits per heavy atom. The molecule has 0 heterocycles. The maximum Gasteiger partial charge on any atom is -0.0152 e. The van der Waals surface area contributed by atoms with Crippen molar-refractivity contribution >= 4 is 11.6 Å². The van der Waals surface area contributed by atoms with E-state index in [1.54, 1.807) is 5.56 Å². The maximum atomic E-state index is 2.50. The zero-order valence-electron chi connectivity index (χ0n) is 16.3. The lowest BCUT2D eigenvalue weighted by molar-refractivity contribution is 0.348. The van der Waals surface area contributed by atoms with E-state index in [9.17, 15) is 0 Å². The minimum atomic E-state index is 0.752. The number of rotatable bonds is 3. The van der Waals surface area contributed by atoms with Crippen molar-refractivity contribution in [3.05, 3.63) is 69.6 Å². The molecular formula is C25H32. The lowest BCUT2D eigenvalue weighted by atomic mass is 9.78. The van der Waals surface area contributed by atoms with Gasteiger partial charge in [0.1, 0.15) is 0 Å². The summed E-state index contributed by atoms with van der Waals surface area (Å²) in [5.74, 6) is 1.66. The minimum Gasteiger partial charge on any atom is -0.0798 e. The Morgan fingerprint density at radius 2 is 1.76 bits per heavy atom. The molecule has 0 heteroatoms. The molecule has 0 unspecified atom stereocenters. The molecule has 0 saturated heterocycles. The van der Waals surface area contributed by atoms with Crippen LogP contribution in [-0.4, -0.2) is 0 Å².